The number of methoxy groups -OCH3 is 2. The van der Waals surface area contributed by atoms with Gasteiger partial charge in [-0.1, -0.05) is 37.1 Å². The summed E-state index contributed by atoms with van der Waals surface area (Å²) in [6, 6.07) is -2.17. The third-order valence-electron chi connectivity index (χ3n) is 4.10. The fourth-order valence-electron chi connectivity index (χ4n) is 1.69. The van der Waals surface area contributed by atoms with Gasteiger partial charge in [-0.2, -0.15) is 0 Å². The van der Waals surface area contributed by atoms with Crippen LogP contribution in [-0.4, -0.2) is 108 Å². The van der Waals surface area contributed by atoms with E-state index in [-0.39, 0.29) is 55.1 Å². The molecular weight excluding hydrogens is 626 g/mol. The molecule has 0 bridgehead atoms. The summed E-state index contributed by atoms with van der Waals surface area (Å²) in [5.41, 5.74) is 0. The van der Waals surface area contributed by atoms with Crippen molar-refractivity contribution < 1.29 is 69.3 Å². The zero-order valence-corrected chi connectivity index (χ0v) is 24.8. The molecule has 0 spiro atoms. The van der Waals surface area contributed by atoms with Crippen LogP contribution in [0.25, 0.3) is 0 Å². The molecule has 3 unspecified atom stereocenters. The number of ether oxygens (including phenoxy) is 2. The molecule has 0 rings (SSSR count). The number of nitrogens with one attached hydrogen (secondary N) is 3. The van der Waals surface area contributed by atoms with Crippen molar-refractivity contribution in [1.82, 2.24) is 16.0 Å². The van der Waals surface area contributed by atoms with Gasteiger partial charge >= 0.3 is 23.9 Å². The number of carbonyl (C=O) groups is 9. The van der Waals surface area contributed by atoms with Gasteiger partial charge in [-0.25, -0.2) is 0 Å². The summed E-state index contributed by atoms with van der Waals surface area (Å²) in [7, 11) is 3.35. The Labute approximate surface area is 281 Å². The number of aliphatic hydroxyl groups excluding tert-OH is 1. The average Bonchev–Trinajstić information content (AvgIpc) is 2.89. The minimum absolute atomic E-state index is 0. The number of carboxylic acid groups (broad SMARTS) is 2. The standard InChI is InChI=1S/C8H13NO4.C7H11NO5.C7H11NO4.C2H2.CH4O.5CH4/c1-5(6(2)10)9-7(11)4-8(12)13-3;1-4(7(11)12)8-5(9)3-6(10)13-2;1-4(5(2)9)8-6(10)3-7(11)12;2*1-2;;;;;/h5H,4H2,1-3H3,(H,9,11);4H,3H2,1-2H3,(H,8,9)(H,11,12);4H,3H2,1-2H3,(H,8,10)(H,11,12);1-2H;2H,1H3;5*1H4/i;;;1D;;;;;;. The maximum atomic E-state index is 11.0. The lowest BCUT2D eigenvalue weighted by Crippen LogP contribution is -2.39. The zero-order chi connectivity index (χ0) is 35.3. The van der Waals surface area contributed by atoms with Crippen molar-refractivity contribution in [3.8, 4) is 12.8 Å². The van der Waals surface area contributed by atoms with Crippen molar-refractivity contribution in [3.63, 3.8) is 0 Å². The number of hydrogen-bond donors (Lipinski definition) is 6. The first-order valence-electron chi connectivity index (χ1n) is 12.1. The molecule has 0 radical (unpaired) electrons. The van der Waals surface area contributed by atoms with Crippen LogP contribution in [0.15, 0.2) is 0 Å². The number of carboxylic acids is 2. The van der Waals surface area contributed by atoms with E-state index in [1.807, 2.05) is 0 Å². The number of aliphatic carboxylic acids is 2. The quantitative estimate of drug-likeness (QED) is 0.0961. The number of terminal acetylenes is 1. The van der Waals surface area contributed by atoms with Gasteiger partial charge in [0.1, 0.15) is 26.7 Å². The SMILES string of the molecule is C.C.C.C.C.CC(=O)C(C)NC(=O)CC(=O)O.CO.COC(=O)CC(=O)NC(C)C(=O)O.COC(=O)CC(=O)NC(C)C(C)=O.[2H]C#C. The predicted octanol–water partition coefficient (Wildman–Crippen LogP) is 1.38. The Balaban J connectivity index is -0.0000000502. The Hall–Kier alpha value is -4.85. The van der Waals surface area contributed by atoms with Crippen molar-refractivity contribution in [1.29, 1.82) is 0 Å². The third kappa shape index (κ3) is 51.0. The summed E-state index contributed by atoms with van der Waals surface area (Å²) < 4.78 is 14.2. The molecule has 280 valence electrons. The molecule has 0 saturated heterocycles. The average molecular weight is 689 g/mol. The van der Waals surface area contributed by atoms with E-state index in [1.165, 1.54) is 41.2 Å². The second-order valence-electron chi connectivity index (χ2n) is 7.50. The minimum atomic E-state index is -1.21. The number of hydrogen-bond acceptors (Lipinski definition) is 12. The van der Waals surface area contributed by atoms with E-state index in [0.29, 0.717) is 0 Å². The summed E-state index contributed by atoms with van der Waals surface area (Å²) in [6.45, 7) is 7.05. The predicted molar refractivity (Wildman–Crippen MR) is 179 cm³/mol. The smallest absolute Gasteiger partial charge is 0.325 e. The van der Waals surface area contributed by atoms with Crippen LogP contribution < -0.4 is 16.0 Å². The summed E-state index contributed by atoms with van der Waals surface area (Å²) in [4.78, 5) is 95.3. The molecular formula is C30H61N3O14. The summed E-state index contributed by atoms with van der Waals surface area (Å²) >= 11 is 0. The summed E-state index contributed by atoms with van der Waals surface area (Å²) in [5, 5.41) is 30.3. The van der Waals surface area contributed by atoms with Crippen molar-refractivity contribution in [2.45, 2.75) is 109 Å². The molecule has 3 amide bonds. The lowest BCUT2D eigenvalue weighted by molar-refractivity contribution is -0.146. The molecule has 6 N–H and O–H groups in total. The number of amides is 3. The third-order valence-corrected chi connectivity index (χ3v) is 4.10. The Morgan fingerprint density at radius 2 is 0.851 bits per heavy atom. The van der Waals surface area contributed by atoms with Gasteiger partial charge in [0.25, 0.3) is 0 Å². The minimum Gasteiger partial charge on any atom is -0.481 e. The normalized spacial score (nSPS) is 9.74. The Morgan fingerprint density at radius 3 is 1.04 bits per heavy atom. The van der Waals surface area contributed by atoms with E-state index in [9.17, 15) is 43.2 Å². The van der Waals surface area contributed by atoms with Crippen LogP contribution in [0.2, 0.25) is 0 Å². The molecule has 0 heterocycles. The van der Waals surface area contributed by atoms with Crippen LogP contribution in [0.4, 0.5) is 0 Å². The zero-order valence-electron chi connectivity index (χ0n) is 25.8. The highest BCUT2D eigenvalue weighted by Crippen LogP contribution is 1.89. The molecule has 0 fully saturated rings. The van der Waals surface area contributed by atoms with E-state index < -0.39 is 72.6 Å². The first-order chi connectivity index (χ1) is 19.8. The van der Waals surface area contributed by atoms with Crippen LogP contribution in [0, 0.1) is 12.8 Å². The largest absolute Gasteiger partial charge is 0.481 e. The van der Waals surface area contributed by atoms with Crippen LogP contribution in [0.1, 0.15) is 92.4 Å². The van der Waals surface area contributed by atoms with Crippen LogP contribution in [-0.2, 0) is 52.6 Å². The van der Waals surface area contributed by atoms with E-state index in [2.05, 4.69) is 31.8 Å². The molecule has 47 heavy (non-hydrogen) atoms. The number of esters is 2. The van der Waals surface area contributed by atoms with E-state index in [0.717, 1.165) is 14.2 Å². The van der Waals surface area contributed by atoms with Gasteiger partial charge in [0.15, 0.2) is 11.6 Å². The number of aliphatic hydroxyl groups is 1. The monoisotopic (exact) mass is 688 g/mol. The lowest BCUT2D eigenvalue weighted by Gasteiger charge is -2.09. The lowest BCUT2D eigenvalue weighted by atomic mass is 10.2. The fraction of sp³-hybridized carbons (Fsp3) is 0.633. The van der Waals surface area contributed by atoms with Gasteiger partial charge in [0.2, 0.25) is 17.7 Å². The van der Waals surface area contributed by atoms with Crippen LogP contribution in [0.5, 0.6) is 0 Å². The summed E-state index contributed by atoms with van der Waals surface area (Å²) in [6.07, 6.45) is 4.35. The molecule has 0 saturated carbocycles. The molecule has 0 aliphatic rings. The highest BCUT2D eigenvalue weighted by molar-refractivity contribution is 5.97. The highest BCUT2D eigenvalue weighted by Gasteiger charge is 2.17. The van der Waals surface area contributed by atoms with E-state index >= 15 is 0 Å². The first-order valence-corrected chi connectivity index (χ1v) is 11.6. The molecule has 0 aromatic carbocycles. The molecule has 0 aromatic rings. The maximum Gasteiger partial charge on any atom is 0.325 e. The second kappa shape index (κ2) is 43.3. The van der Waals surface area contributed by atoms with Crippen molar-refractivity contribution in [2.75, 3.05) is 21.3 Å². The van der Waals surface area contributed by atoms with Crippen molar-refractivity contribution in [2.24, 2.45) is 0 Å². The van der Waals surface area contributed by atoms with Gasteiger partial charge < -0.3 is 40.7 Å². The van der Waals surface area contributed by atoms with E-state index in [4.69, 9.17) is 16.7 Å². The van der Waals surface area contributed by atoms with Crippen LogP contribution in [0.3, 0.4) is 0 Å². The summed E-state index contributed by atoms with van der Waals surface area (Å²) in [5.74, 6) is -5.85. The van der Waals surface area contributed by atoms with Crippen molar-refractivity contribution in [3.05, 3.63) is 0 Å². The van der Waals surface area contributed by atoms with Crippen molar-refractivity contribution >= 4 is 53.2 Å². The molecule has 3 atom stereocenters. The number of rotatable bonds is 12. The number of Topliss-reactive ketones (excluding diaryl/α,β-unsaturated/α-hetero) is 2. The van der Waals surface area contributed by atoms with Gasteiger partial charge in [-0.3, -0.25) is 43.2 Å². The van der Waals surface area contributed by atoms with Gasteiger partial charge in [0.05, 0.1) is 26.3 Å². The first kappa shape index (κ1) is 64.9. The number of ketones is 2. The van der Waals surface area contributed by atoms with Gasteiger partial charge in [0, 0.05) is 7.11 Å². The Bertz CT molecular complexity index is 934. The Morgan fingerprint density at radius 1 is 0.617 bits per heavy atom. The van der Waals surface area contributed by atoms with Gasteiger partial charge in [-0.15, -0.1) is 12.8 Å². The topological polar surface area (TPSA) is 269 Å². The molecule has 0 aliphatic heterocycles. The molecule has 17 heteroatoms. The fourth-order valence-corrected chi connectivity index (χ4v) is 1.69. The second-order valence-corrected chi connectivity index (χ2v) is 7.50. The van der Waals surface area contributed by atoms with E-state index in [1.54, 1.807) is 6.92 Å². The Kier molecular flexibility index (Phi) is 59.8. The number of carbonyl (C=O) groups excluding carboxylic acids is 7. The van der Waals surface area contributed by atoms with Gasteiger partial charge in [-0.05, 0) is 34.6 Å². The molecule has 0 aliphatic carbocycles. The maximum absolute atomic E-state index is 11.0. The van der Waals surface area contributed by atoms with Crippen LogP contribution >= 0.6 is 0 Å². The molecule has 0 aromatic heterocycles. The highest BCUT2D eigenvalue weighted by atomic mass is 16.5. The molecule has 17 nitrogen and oxygen atoms in total.